The Hall–Kier alpha value is -2.79. The average Bonchev–Trinajstić information content (AvgIpc) is 3.16. The summed E-state index contributed by atoms with van der Waals surface area (Å²) in [5.74, 6) is 0.760. The molecule has 26 heavy (non-hydrogen) atoms. The molecule has 1 aliphatic heterocycles. The molecule has 0 bridgehead atoms. The van der Waals surface area contributed by atoms with Gasteiger partial charge in [0.05, 0.1) is 5.57 Å². The summed E-state index contributed by atoms with van der Waals surface area (Å²) in [6.45, 7) is 0.514. The topological polar surface area (TPSA) is 59.5 Å². The Morgan fingerprint density at radius 2 is 1.85 bits per heavy atom. The van der Waals surface area contributed by atoms with Crippen LogP contribution in [0.1, 0.15) is 33.5 Å². The number of aromatic nitrogens is 1. The largest absolute Gasteiger partial charge is 0.479 e. The maximum Gasteiger partial charge on any atom is 0.208 e. The SMILES string of the molecule is CN(C)CC1OC(c2ccc3c(c2)CCC3=O)=C(c2ccncc2)C1=O. The molecule has 2 aromatic rings. The molecular weight excluding hydrogens is 328 g/mol. The number of ketones is 2. The van der Waals surface area contributed by atoms with E-state index in [9.17, 15) is 9.59 Å². The van der Waals surface area contributed by atoms with Gasteiger partial charge in [0.1, 0.15) is 5.76 Å². The summed E-state index contributed by atoms with van der Waals surface area (Å²) in [4.78, 5) is 30.9. The number of hydrogen-bond acceptors (Lipinski definition) is 5. The second kappa shape index (κ2) is 6.50. The zero-order chi connectivity index (χ0) is 18.3. The van der Waals surface area contributed by atoms with Crippen molar-refractivity contribution in [3.63, 3.8) is 0 Å². The van der Waals surface area contributed by atoms with Crippen LogP contribution in [0.4, 0.5) is 0 Å². The van der Waals surface area contributed by atoms with Gasteiger partial charge < -0.3 is 9.64 Å². The van der Waals surface area contributed by atoms with Crippen molar-refractivity contribution < 1.29 is 14.3 Å². The van der Waals surface area contributed by atoms with E-state index in [-0.39, 0.29) is 11.6 Å². The highest BCUT2D eigenvalue weighted by Gasteiger charge is 2.37. The third kappa shape index (κ3) is 2.84. The molecule has 4 rings (SSSR count). The normalized spacial score (nSPS) is 19.3. The summed E-state index contributed by atoms with van der Waals surface area (Å²) in [5, 5.41) is 0. The lowest BCUT2D eigenvalue weighted by molar-refractivity contribution is -0.119. The molecule has 0 fully saturated rings. The first-order valence-electron chi connectivity index (χ1n) is 8.71. The lowest BCUT2D eigenvalue weighted by Gasteiger charge is -2.16. The Balaban J connectivity index is 1.81. The maximum absolute atomic E-state index is 13.0. The Morgan fingerprint density at radius 3 is 2.58 bits per heavy atom. The van der Waals surface area contributed by atoms with Crippen molar-refractivity contribution in [2.45, 2.75) is 18.9 Å². The standard InChI is InChI=1S/C21H20N2O3/c1-23(2)12-18-20(25)19(13-7-9-22-10-8-13)21(26-18)15-3-5-16-14(11-15)4-6-17(16)24/h3,5,7-11,18H,4,6,12H2,1-2H3. The van der Waals surface area contributed by atoms with E-state index >= 15 is 0 Å². The summed E-state index contributed by atoms with van der Waals surface area (Å²) in [6, 6.07) is 9.37. The van der Waals surface area contributed by atoms with Gasteiger partial charge in [0.2, 0.25) is 5.78 Å². The fourth-order valence-electron chi connectivity index (χ4n) is 3.58. The molecule has 1 atom stereocenters. The second-order valence-electron chi connectivity index (χ2n) is 6.97. The zero-order valence-corrected chi connectivity index (χ0v) is 14.9. The summed E-state index contributed by atoms with van der Waals surface area (Å²) >= 11 is 0. The van der Waals surface area contributed by atoms with E-state index in [1.807, 2.05) is 49.3 Å². The molecule has 0 amide bonds. The van der Waals surface area contributed by atoms with Gasteiger partial charge in [-0.05, 0) is 49.8 Å². The molecule has 2 heterocycles. The number of rotatable bonds is 4. The summed E-state index contributed by atoms with van der Waals surface area (Å²) in [6.07, 6.45) is 4.12. The van der Waals surface area contributed by atoms with Crippen LogP contribution in [0.2, 0.25) is 0 Å². The van der Waals surface area contributed by atoms with E-state index < -0.39 is 6.10 Å². The number of ether oxygens (including phenoxy) is 1. The number of likely N-dealkylation sites (N-methyl/N-ethyl adjacent to an activating group) is 1. The highest BCUT2D eigenvalue weighted by molar-refractivity contribution is 6.31. The monoisotopic (exact) mass is 348 g/mol. The molecule has 1 unspecified atom stereocenters. The first-order chi connectivity index (χ1) is 12.5. The summed E-state index contributed by atoms with van der Waals surface area (Å²) in [5.41, 5.74) is 4.05. The molecule has 0 radical (unpaired) electrons. The van der Waals surface area contributed by atoms with E-state index in [1.54, 1.807) is 12.4 Å². The number of benzene rings is 1. The fraction of sp³-hybridized carbons (Fsp3) is 0.286. The van der Waals surface area contributed by atoms with Crippen molar-refractivity contribution in [1.82, 2.24) is 9.88 Å². The van der Waals surface area contributed by atoms with Gasteiger partial charge >= 0.3 is 0 Å². The Morgan fingerprint density at radius 1 is 1.08 bits per heavy atom. The molecule has 1 aliphatic carbocycles. The third-order valence-corrected chi connectivity index (χ3v) is 4.82. The first kappa shape index (κ1) is 16.7. The number of hydrogen-bond donors (Lipinski definition) is 0. The predicted octanol–water partition coefficient (Wildman–Crippen LogP) is 2.61. The van der Waals surface area contributed by atoms with Crippen LogP contribution in [0.3, 0.4) is 0 Å². The van der Waals surface area contributed by atoms with Gasteiger partial charge in [-0.2, -0.15) is 0 Å². The first-order valence-corrected chi connectivity index (χ1v) is 8.71. The Kier molecular flexibility index (Phi) is 4.17. The van der Waals surface area contributed by atoms with E-state index in [0.29, 0.717) is 24.3 Å². The average molecular weight is 348 g/mol. The minimum absolute atomic E-state index is 0.0172. The van der Waals surface area contributed by atoms with Crippen LogP contribution in [0.25, 0.3) is 11.3 Å². The molecule has 132 valence electrons. The molecule has 2 aliphatic rings. The van der Waals surface area contributed by atoms with E-state index in [4.69, 9.17) is 4.74 Å². The van der Waals surface area contributed by atoms with Crippen molar-refractivity contribution in [3.05, 3.63) is 65.0 Å². The minimum atomic E-state index is -0.530. The van der Waals surface area contributed by atoms with E-state index in [1.165, 1.54) is 0 Å². The molecule has 0 spiro atoms. The number of Topliss-reactive ketones (excluding diaryl/α,β-unsaturated/α-hetero) is 2. The highest BCUT2D eigenvalue weighted by Crippen LogP contribution is 2.37. The molecule has 1 aromatic heterocycles. The summed E-state index contributed by atoms with van der Waals surface area (Å²) < 4.78 is 6.11. The van der Waals surface area contributed by atoms with Crippen molar-refractivity contribution >= 4 is 22.9 Å². The number of carbonyl (C=O) groups is 2. The lowest BCUT2D eigenvalue weighted by atomic mass is 9.96. The number of nitrogens with zero attached hydrogens (tertiary/aromatic N) is 2. The van der Waals surface area contributed by atoms with Crippen molar-refractivity contribution in [3.8, 4) is 0 Å². The number of pyridine rings is 1. The third-order valence-electron chi connectivity index (χ3n) is 4.82. The Labute approximate surface area is 152 Å². The van der Waals surface area contributed by atoms with Crippen molar-refractivity contribution in [2.24, 2.45) is 0 Å². The second-order valence-corrected chi connectivity index (χ2v) is 6.97. The molecule has 0 saturated heterocycles. The van der Waals surface area contributed by atoms with Crippen LogP contribution in [0.5, 0.6) is 0 Å². The molecule has 0 saturated carbocycles. The van der Waals surface area contributed by atoms with Gasteiger partial charge in [-0.3, -0.25) is 14.6 Å². The smallest absolute Gasteiger partial charge is 0.208 e. The van der Waals surface area contributed by atoms with Crippen LogP contribution in [-0.4, -0.2) is 48.2 Å². The number of fused-ring (bicyclic) bond motifs is 1. The van der Waals surface area contributed by atoms with Crippen molar-refractivity contribution in [2.75, 3.05) is 20.6 Å². The van der Waals surface area contributed by atoms with Gasteiger partial charge in [-0.1, -0.05) is 12.1 Å². The molecule has 1 aromatic carbocycles. The molecule has 0 N–H and O–H groups in total. The molecule has 5 heteroatoms. The number of carbonyl (C=O) groups excluding carboxylic acids is 2. The van der Waals surface area contributed by atoms with Gasteiger partial charge in [0.15, 0.2) is 11.9 Å². The highest BCUT2D eigenvalue weighted by atomic mass is 16.5. The van der Waals surface area contributed by atoms with Crippen LogP contribution in [0, 0.1) is 0 Å². The quantitative estimate of drug-likeness (QED) is 0.850. The van der Waals surface area contributed by atoms with Crippen molar-refractivity contribution in [1.29, 1.82) is 0 Å². The van der Waals surface area contributed by atoms with Crippen LogP contribution >= 0.6 is 0 Å². The van der Waals surface area contributed by atoms with Crippen LogP contribution < -0.4 is 0 Å². The van der Waals surface area contributed by atoms with Gasteiger partial charge in [-0.25, -0.2) is 0 Å². The molecular formula is C21H20N2O3. The van der Waals surface area contributed by atoms with Gasteiger partial charge in [-0.15, -0.1) is 0 Å². The van der Waals surface area contributed by atoms with Crippen LogP contribution in [-0.2, 0) is 16.0 Å². The maximum atomic E-state index is 13.0. The summed E-state index contributed by atoms with van der Waals surface area (Å²) in [7, 11) is 3.84. The van der Waals surface area contributed by atoms with Gasteiger partial charge in [0, 0.05) is 36.5 Å². The lowest BCUT2D eigenvalue weighted by Crippen LogP contribution is -2.31. The predicted molar refractivity (Wildman–Crippen MR) is 98.6 cm³/mol. The zero-order valence-electron chi connectivity index (χ0n) is 14.9. The molecule has 5 nitrogen and oxygen atoms in total. The number of aryl methyl sites for hydroxylation is 1. The van der Waals surface area contributed by atoms with E-state index in [2.05, 4.69) is 4.98 Å². The minimum Gasteiger partial charge on any atom is -0.479 e. The Bertz CT molecular complexity index is 916. The fourth-order valence-corrected chi connectivity index (χ4v) is 3.58. The van der Waals surface area contributed by atoms with Gasteiger partial charge in [0.25, 0.3) is 0 Å². The van der Waals surface area contributed by atoms with E-state index in [0.717, 1.165) is 28.7 Å². The van der Waals surface area contributed by atoms with Crippen LogP contribution in [0.15, 0.2) is 42.7 Å².